The van der Waals surface area contributed by atoms with Gasteiger partial charge in [-0.05, 0) is 49.8 Å². The minimum absolute atomic E-state index is 0.110. The van der Waals surface area contributed by atoms with Crippen LogP contribution in [-0.2, 0) is 9.53 Å². The number of carbonyl (C=O) groups excluding carboxylic acids is 1. The van der Waals surface area contributed by atoms with E-state index in [0.29, 0.717) is 36.8 Å². The van der Waals surface area contributed by atoms with Gasteiger partial charge in [0.05, 0.1) is 6.10 Å². The van der Waals surface area contributed by atoms with Gasteiger partial charge in [0, 0.05) is 18.7 Å². The van der Waals surface area contributed by atoms with Gasteiger partial charge in [0.25, 0.3) is 5.91 Å². The third-order valence-corrected chi connectivity index (χ3v) is 4.95. The van der Waals surface area contributed by atoms with E-state index in [1.165, 1.54) is 4.90 Å². The van der Waals surface area contributed by atoms with Gasteiger partial charge in [-0.1, -0.05) is 13.0 Å². The normalized spacial score (nSPS) is 26.4. The fraction of sp³-hybridized carbons (Fsp3) is 0.579. The Morgan fingerprint density at radius 1 is 1.36 bits per heavy atom. The Kier molecular flexibility index (Phi) is 5.58. The molecule has 2 aliphatic rings. The zero-order valence-corrected chi connectivity index (χ0v) is 14.5. The molecule has 25 heavy (non-hydrogen) atoms. The third-order valence-electron chi connectivity index (χ3n) is 4.95. The van der Waals surface area contributed by atoms with Crippen molar-refractivity contribution in [1.29, 1.82) is 0 Å². The van der Waals surface area contributed by atoms with Crippen LogP contribution >= 0.6 is 0 Å². The Labute approximate surface area is 147 Å². The summed E-state index contributed by atoms with van der Waals surface area (Å²) in [7, 11) is 0. The first-order valence-electron chi connectivity index (χ1n) is 8.93. The van der Waals surface area contributed by atoms with Gasteiger partial charge in [-0.25, -0.2) is 4.79 Å². The number of likely N-dealkylation sites (tertiary alicyclic amines) is 1. The Hall–Kier alpha value is -2.08. The first kappa shape index (κ1) is 17.7. The summed E-state index contributed by atoms with van der Waals surface area (Å²) in [6.45, 7) is 3.74. The minimum atomic E-state index is -0.939. The molecule has 0 spiro atoms. The summed E-state index contributed by atoms with van der Waals surface area (Å²) in [5, 5.41) is 9.45. The lowest BCUT2D eigenvalue weighted by atomic mass is 9.92. The van der Waals surface area contributed by atoms with Crippen LogP contribution in [0.15, 0.2) is 24.3 Å². The molecule has 136 valence electrons. The number of hydrogen-bond donors (Lipinski definition) is 1. The average Bonchev–Trinajstić information content (AvgIpc) is 3.13. The van der Waals surface area contributed by atoms with Crippen LogP contribution in [0.4, 0.5) is 0 Å². The fourth-order valence-corrected chi connectivity index (χ4v) is 3.47. The number of ether oxygens (including phenoxy) is 2. The van der Waals surface area contributed by atoms with Crippen LogP contribution in [0.5, 0.6) is 5.75 Å². The highest BCUT2D eigenvalue weighted by atomic mass is 16.5. The number of carboxylic acid groups (broad SMARTS) is 1. The van der Waals surface area contributed by atoms with Crippen LogP contribution in [0.1, 0.15) is 43.0 Å². The summed E-state index contributed by atoms with van der Waals surface area (Å²) in [6.07, 6.45) is 3.47. The molecule has 6 heteroatoms. The average molecular weight is 347 g/mol. The van der Waals surface area contributed by atoms with Crippen molar-refractivity contribution in [2.75, 3.05) is 19.8 Å². The number of rotatable bonds is 5. The van der Waals surface area contributed by atoms with Crippen LogP contribution in [0, 0.1) is 5.92 Å². The lowest BCUT2D eigenvalue weighted by Gasteiger charge is -2.36. The van der Waals surface area contributed by atoms with E-state index in [0.717, 1.165) is 25.9 Å². The van der Waals surface area contributed by atoms with Crippen molar-refractivity contribution in [1.82, 2.24) is 4.90 Å². The van der Waals surface area contributed by atoms with Crippen molar-refractivity contribution in [3.8, 4) is 5.75 Å². The molecule has 1 N–H and O–H groups in total. The summed E-state index contributed by atoms with van der Waals surface area (Å²) < 4.78 is 11.3. The van der Waals surface area contributed by atoms with Gasteiger partial charge in [-0.15, -0.1) is 0 Å². The smallest absolute Gasteiger partial charge is 0.326 e. The number of carboxylic acids is 1. The maximum absolute atomic E-state index is 12.8. The molecule has 3 atom stereocenters. The molecule has 0 saturated carbocycles. The van der Waals surface area contributed by atoms with E-state index >= 15 is 0 Å². The summed E-state index contributed by atoms with van der Waals surface area (Å²) in [4.78, 5) is 25.8. The highest BCUT2D eigenvalue weighted by molar-refractivity contribution is 5.97. The molecular weight excluding hydrogens is 322 g/mol. The van der Waals surface area contributed by atoms with Crippen molar-refractivity contribution in [2.24, 2.45) is 5.92 Å². The molecule has 1 aromatic carbocycles. The number of aliphatic carboxylic acids is 1. The number of nitrogens with zero attached hydrogens (tertiary/aromatic N) is 1. The molecule has 6 nitrogen and oxygen atoms in total. The van der Waals surface area contributed by atoms with Gasteiger partial charge < -0.3 is 19.5 Å². The zero-order valence-electron chi connectivity index (χ0n) is 14.5. The quantitative estimate of drug-likeness (QED) is 0.886. The maximum atomic E-state index is 12.8. The van der Waals surface area contributed by atoms with Crippen LogP contribution in [0.3, 0.4) is 0 Å². The van der Waals surface area contributed by atoms with Crippen molar-refractivity contribution >= 4 is 11.9 Å². The van der Waals surface area contributed by atoms with Crippen molar-refractivity contribution < 1.29 is 24.2 Å². The van der Waals surface area contributed by atoms with Gasteiger partial charge in [-0.3, -0.25) is 4.79 Å². The van der Waals surface area contributed by atoms with E-state index in [1.54, 1.807) is 24.3 Å². The Bertz CT molecular complexity index is 626. The molecule has 0 aromatic heterocycles. The van der Waals surface area contributed by atoms with Crippen molar-refractivity contribution in [2.45, 2.75) is 44.8 Å². The molecule has 2 aliphatic heterocycles. The lowest BCUT2D eigenvalue weighted by molar-refractivity contribution is -0.144. The number of hydrogen-bond acceptors (Lipinski definition) is 4. The molecular formula is C19H25NO5. The van der Waals surface area contributed by atoms with Crippen LogP contribution < -0.4 is 4.74 Å². The summed E-state index contributed by atoms with van der Waals surface area (Å²) in [6, 6.07) is 6.21. The van der Waals surface area contributed by atoms with Gasteiger partial charge in [0.2, 0.25) is 0 Å². The topological polar surface area (TPSA) is 76.1 Å². The first-order chi connectivity index (χ1) is 12.0. The summed E-state index contributed by atoms with van der Waals surface area (Å²) in [5.41, 5.74) is 0.464. The molecule has 0 aliphatic carbocycles. The van der Waals surface area contributed by atoms with Crippen LogP contribution in [0.2, 0.25) is 0 Å². The molecule has 0 radical (unpaired) electrons. The Balaban J connectivity index is 1.68. The standard InChI is InChI=1S/C19H25NO5/c1-13-7-8-20(17(10-13)19(22)23)18(21)14-4-2-5-15(11-14)25-12-16-6-3-9-24-16/h2,4-5,11,13,16-17H,3,6-10,12H2,1H3,(H,22,23). The van der Waals surface area contributed by atoms with Gasteiger partial charge in [-0.2, -0.15) is 0 Å². The van der Waals surface area contributed by atoms with Crippen molar-refractivity contribution in [3.05, 3.63) is 29.8 Å². The lowest BCUT2D eigenvalue weighted by Crippen LogP contribution is -2.49. The molecule has 3 unspecified atom stereocenters. The summed E-state index contributed by atoms with van der Waals surface area (Å²) in [5.74, 6) is -0.266. The van der Waals surface area contributed by atoms with E-state index in [4.69, 9.17) is 9.47 Å². The molecule has 3 rings (SSSR count). The number of piperidine rings is 1. The van der Waals surface area contributed by atoms with Gasteiger partial charge in [0.1, 0.15) is 18.4 Å². The largest absolute Gasteiger partial charge is 0.491 e. The third kappa shape index (κ3) is 4.31. The second-order valence-corrected chi connectivity index (χ2v) is 6.96. The molecule has 1 amide bonds. The molecule has 2 saturated heterocycles. The predicted molar refractivity (Wildman–Crippen MR) is 91.8 cm³/mol. The van der Waals surface area contributed by atoms with Gasteiger partial charge >= 0.3 is 5.97 Å². The zero-order chi connectivity index (χ0) is 17.8. The Morgan fingerprint density at radius 2 is 2.20 bits per heavy atom. The predicted octanol–water partition coefficient (Wildman–Crippen LogP) is 2.57. The Morgan fingerprint density at radius 3 is 2.92 bits per heavy atom. The molecule has 2 heterocycles. The molecule has 0 bridgehead atoms. The fourth-order valence-electron chi connectivity index (χ4n) is 3.47. The van der Waals surface area contributed by atoms with Crippen LogP contribution in [-0.4, -0.2) is 53.8 Å². The second kappa shape index (κ2) is 7.87. The number of amides is 1. The minimum Gasteiger partial charge on any atom is -0.491 e. The maximum Gasteiger partial charge on any atom is 0.326 e. The van der Waals surface area contributed by atoms with Crippen molar-refractivity contribution in [3.63, 3.8) is 0 Å². The number of benzene rings is 1. The SMILES string of the molecule is CC1CCN(C(=O)c2cccc(OCC3CCCO3)c2)C(C(=O)O)C1. The molecule has 2 fully saturated rings. The van der Waals surface area contributed by atoms with E-state index in [2.05, 4.69) is 0 Å². The van der Waals surface area contributed by atoms with E-state index < -0.39 is 12.0 Å². The molecule has 1 aromatic rings. The van der Waals surface area contributed by atoms with Crippen LogP contribution in [0.25, 0.3) is 0 Å². The van der Waals surface area contributed by atoms with E-state index in [-0.39, 0.29) is 12.0 Å². The van der Waals surface area contributed by atoms with Gasteiger partial charge in [0.15, 0.2) is 0 Å². The monoisotopic (exact) mass is 347 g/mol. The summed E-state index contributed by atoms with van der Waals surface area (Å²) >= 11 is 0. The highest BCUT2D eigenvalue weighted by Gasteiger charge is 2.35. The van der Waals surface area contributed by atoms with E-state index in [9.17, 15) is 14.7 Å². The highest BCUT2D eigenvalue weighted by Crippen LogP contribution is 2.25. The number of carbonyl (C=O) groups is 2. The first-order valence-corrected chi connectivity index (χ1v) is 8.93. The second-order valence-electron chi connectivity index (χ2n) is 6.96. The van der Waals surface area contributed by atoms with E-state index in [1.807, 2.05) is 6.92 Å².